The van der Waals surface area contributed by atoms with Gasteiger partial charge in [-0.3, -0.25) is 0 Å². The Morgan fingerprint density at radius 3 is 2.00 bits per heavy atom. The third-order valence-corrected chi connectivity index (χ3v) is 10.7. The second-order valence-corrected chi connectivity index (χ2v) is 13.2. The second kappa shape index (κ2) is 9.97. The van der Waals surface area contributed by atoms with Crippen molar-refractivity contribution in [3.63, 3.8) is 0 Å². The summed E-state index contributed by atoms with van der Waals surface area (Å²) in [7, 11) is 0. The van der Waals surface area contributed by atoms with Crippen molar-refractivity contribution in [3.8, 4) is 39.1 Å². The van der Waals surface area contributed by atoms with E-state index in [4.69, 9.17) is 0 Å². The maximum atomic E-state index is 2.42. The highest BCUT2D eigenvalue weighted by atomic mass is 32.2. The Hall–Kier alpha value is -5.57. The minimum absolute atomic E-state index is 1.17. The Balaban J connectivity index is 1.12. The third-order valence-electron chi connectivity index (χ3n) is 9.55. The van der Waals surface area contributed by atoms with E-state index >= 15 is 0 Å². The molecule has 46 heavy (non-hydrogen) atoms. The number of hydrogen-bond acceptors (Lipinski definition) is 1. The van der Waals surface area contributed by atoms with Crippen LogP contribution in [0.2, 0.25) is 0 Å². The van der Waals surface area contributed by atoms with E-state index in [-0.39, 0.29) is 0 Å². The molecule has 0 aliphatic carbocycles. The minimum atomic E-state index is 1.17. The lowest BCUT2D eigenvalue weighted by atomic mass is 9.91. The van der Waals surface area contributed by atoms with E-state index in [9.17, 15) is 0 Å². The SMILES string of the molecule is c1cc(-c2cccc(-n3c4ccccc4c4cc5ccccc5cc43)c2)cc(-c2ccc3c4c(cccc24)-c2ccccc2S3)c1. The molecule has 0 amide bonds. The highest BCUT2D eigenvalue weighted by molar-refractivity contribution is 7.99. The van der Waals surface area contributed by atoms with Gasteiger partial charge in [0.05, 0.1) is 11.0 Å². The van der Waals surface area contributed by atoms with Gasteiger partial charge in [-0.2, -0.15) is 0 Å². The summed E-state index contributed by atoms with van der Waals surface area (Å²) >= 11 is 1.88. The van der Waals surface area contributed by atoms with E-state index in [2.05, 4.69) is 168 Å². The van der Waals surface area contributed by atoms with Crippen molar-refractivity contribution in [2.45, 2.75) is 9.79 Å². The zero-order valence-electron chi connectivity index (χ0n) is 24.9. The highest BCUT2D eigenvalue weighted by Crippen LogP contribution is 2.49. The van der Waals surface area contributed by atoms with Crippen LogP contribution in [0, 0.1) is 0 Å². The van der Waals surface area contributed by atoms with Crippen LogP contribution >= 0.6 is 11.8 Å². The molecule has 8 aromatic carbocycles. The van der Waals surface area contributed by atoms with Gasteiger partial charge in [-0.1, -0.05) is 127 Å². The number of benzene rings is 8. The van der Waals surface area contributed by atoms with Crippen molar-refractivity contribution in [1.82, 2.24) is 4.57 Å². The lowest BCUT2D eigenvalue weighted by Crippen LogP contribution is -1.95. The second-order valence-electron chi connectivity index (χ2n) is 12.1. The molecule has 1 aliphatic rings. The Morgan fingerprint density at radius 2 is 1.07 bits per heavy atom. The fraction of sp³-hybridized carbons (Fsp3) is 0. The van der Waals surface area contributed by atoms with Gasteiger partial charge in [0.2, 0.25) is 0 Å². The Bertz CT molecular complexity index is 2680. The molecule has 0 N–H and O–H groups in total. The molecule has 214 valence electrons. The van der Waals surface area contributed by atoms with E-state index in [0.717, 1.165) is 0 Å². The van der Waals surface area contributed by atoms with Gasteiger partial charge in [0, 0.05) is 31.6 Å². The summed E-state index contributed by atoms with van der Waals surface area (Å²) < 4.78 is 2.42. The molecule has 0 bridgehead atoms. The summed E-state index contributed by atoms with van der Waals surface area (Å²) in [5.74, 6) is 0. The van der Waals surface area contributed by atoms with E-state index in [1.54, 1.807) is 0 Å². The summed E-state index contributed by atoms with van der Waals surface area (Å²) in [5.41, 5.74) is 11.2. The van der Waals surface area contributed by atoms with Gasteiger partial charge in [-0.05, 0) is 98.1 Å². The smallest absolute Gasteiger partial charge is 0.0547 e. The Morgan fingerprint density at radius 1 is 0.370 bits per heavy atom. The van der Waals surface area contributed by atoms with Crippen molar-refractivity contribution in [1.29, 1.82) is 0 Å². The van der Waals surface area contributed by atoms with Crippen LogP contribution < -0.4 is 0 Å². The van der Waals surface area contributed by atoms with E-state index < -0.39 is 0 Å². The molecule has 0 atom stereocenters. The average Bonchev–Trinajstić information content (AvgIpc) is 3.44. The minimum Gasteiger partial charge on any atom is -0.309 e. The maximum Gasteiger partial charge on any atom is 0.0547 e. The summed E-state index contributed by atoms with van der Waals surface area (Å²) in [5, 5.41) is 7.75. The standard InChI is InChI=1S/C44H27NS/c1-2-11-31-27-41-39(26-30(31)10-1)35-16-3-5-20-40(35)45(41)33-15-8-13-29(25-33)28-12-7-14-32(24-28)34-22-23-43-44-37(34)18-9-19-38(44)36-17-4-6-21-42(36)46-43/h1-27H. The first-order chi connectivity index (χ1) is 22.8. The fourth-order valence-corrected chi connectivity index (χ4v) is 8.59. The molecular weight excluding hydrogens is 575 g/mol. The van der Waals surface area contributed by atoms with Gasteiger partial charge >= 0.3 is 0 Å². The van der Waals surface area contributed by atoms with Crippen LogP contribution in [0.25, 0.3) is 82.4 Å². The maximum absolute atomic E-state index is 2.42. The topological polar surface area (TPSA) is 4.93 Å². The first-order valence-corrected chi connectivity index (χ1v) is 16.6. The van der Waals surface area contributed by atoms with Crippen LogP contribution in [0.1, 0.15) is 0 Å². The molecule has 1 aliphatic heterocycles. The molecule has 0 radical (unpaired) electrons. The Labute approximate surface area is 271 Å². The zero-order valence-corrected chi connectivity index (χ0v) is 25.8. The molecule has 2 heterocycles. The van der Waals surface area contributed by atoms with E-state index in [0.29, 0.717) is 0 Å². The molecule has 2 heteroatoms. The zero-order chi connectivity index (χ0) is 30.2. The first kappa shape index (κ1) is 25.7. The van der Waals surface area contributed by atoms with Crippen molar-refractivity contribution >= 4 is 55.1 Å². The Kier molecular flexibility index (Phi) is 5.58. The molecule has 9 aromatic rings. The van der Waals surface area contributed by atoms with Crippen LogP contribution in [-0.2, 0) is 0 Å². The van der Waals surface area contributed by atoms with E-state index in [1.165, 1.54) is 92.2 Å². The number of rotatable bonds is 3. The molecule has 1 nitrogen and oxygen atoms in total. The van der Waals surface area contributed by atoms with Gasteiger partial charge in [0.1, 0.15) is 0 Å². The summed E-state index contributed by atoms with van der Waals surface area (Å²) in [6, 6.07) is 60.3. The van der Waals surface area contributed by atoms with Crippen molar-refractivity contribution in [3.05, 3.63) is 164 Å². The molecule has 0 unspecified atom stereocenters. The predicted octanol–water partition coefficient (Wildman–Crippen LogP) is 12.6. The quantitative estimate of drug-likeness (QED) is 0.195. The van der Waals surface area contributed by atoms with Crippen LogP contribution in [0.15, 0.2) is 174 Å². The first-order valence-electron chi connectivity index (χ1n) is 15.8. The summed E-state index contributed by atoms with van der Waals surface area (Å²) in [6.45, 7) is 0. The van der Waals surface area contributed by atoms with Gasteiger partial charge in [-0.25, -0.2) is 0 Å². The predicted molar refractivity (Wildman–Crippen MR) is 196 cm³/mol. The van der Waals surface area contributed by atoms with Crippen LogP contribution in [0.3, 0.4) is 0 Å². The summed E-state index contributed by atoms with van der Waals surface area (Å²) in [4.78, 5) is 2.66. The third kappa shape index (κ3) is 3.84. The number of aromatic nitrogens is 1. The monoisotopic (exact) mass is 601 g/mol. The molecule has 0 spiro atoms. The average molecular weight is 602 g/mol. The largest absolute Gasteiger partial charge is 0.309 e. The van der Waals surface area contributed by atoms with Crippen molar-refractivity contribution < 1.29 is 0 Å². The van der Waals surface area contributed by atoms with Gasteiger partial charge in [0.25, 0.3) is 0 Å². The lowest BCUT2D eigenvalue weighted by Gasteiger charge is -2.21. The molecule has 0 fully saturated rings. The molecule has 10 rings (SSSR count). The number of para-hydroxylation sites is 1. The van der Waals surface area contributed by atoms with Crippen molar-refractivity contribution in [2.75, 3.05) is 0 Å². The van der Waals surface area contributed by atoms with Gasteiger partial charge in [0.15, 0.2) is 0 Å². The molecule has 0 saturated carbocycles. The van der Waals surface area contributed by atoms with Gasteiger partial charge in [-0.15, -0.1) is 0 Å². The molecular formula is C44H27NS. The van der Waals surface area contributed by atoms with E-state index in [1.807, 2.05) is 11.8 Å². The van der Waals surface area contributed by atoms with Crippen molar-refractivity contribution in [2.24, 2.45) is 0 Å². The van der Waals surface area contributed by atoms with Crippen LogP contribution in [0.4, 0.5) is 0 Å². The fourth-order valence-electron chi connectivity index (χ4n) is 7.46. The van der Waals surface area contributed by atoms with Crippen LogP contribution in [-0.4, -0.2) is 4.57 Å². The summed E-state index contributed by atoms with van der Waals surface area (Å²) in [6.07, 6.45) is 0. The number of nitrogens with zero attached hydrogens (tertiary/aromatic N) is 1. The molecule has 0 saturated heterocycles. The highest BCUT2D eigenvalue weighted by Gasteiger charge is 2.20. The number of fused-ring (bicyclic) bond motifs is 6. The lowest BCUT2D eigenvalue weighted by molar-refractivity contribution is 1.18. The number of hydrogen-bond donors (Lipinski definition) is 0. The normalized spacial score (nSPS) is 12.3. The van der Waals surface area contributed by atoms with Crippen LogP contribution in [0.5, 0.6) is 0 Å². The molecule has 1 aromatic heterocycles. The van der Waals surface area contributed by atoms with Gasteiger partial charge < -0.3 is 4.57 Å².